The zero-order chi connectivity index (χ0) is 12.6. The normalized spacial score (nSPS) is 10.9. The summed E-state index contributed by atoms with van der Waals surface area (Å²) in [5, 5.41) is 6.70. The van der Waals surface area contributed by atoms with Crippen molar-refractivity contribution in [3.05, 3.63) is 23.7 Å². The maximum Gasteiger partial charge on any atom is 0.134 e. The molecule has 98 valence electrons. The fourth-order valence-electron chi connectivity index (χ4n) is 1.77. The van der Waals surface area contributed by atoms with Crippen LogP contribution in [0.1, 0.15) is 26.2 Å². The second-order valence-electron chi connectivity index (χ2n) is 4.24. The van der Waals surface area contributed by atoms with E-state index in [0.717, 1.165) is 38.4 Å². The molecule has 0 saturated carbocycles. The van der Waals surface area contributed by atoms with E-state index >= 15 is 0 Å². The lowest BCUT2D eigenvalue weighted by Gasteiger charge is -2.07. The van der Waals surface area contributed by atoms with Gasteiger partial charge in [-0.15, -0.1) is 11.3 Å². The molecule has 2 heterocycles. The second-order valence-corrected chi connectivity index (χ2v) is 5.19. The zero-order valence-corrected chi connectivity index (χ0v) is 11.6. The maximum atomic E-state index is 5.53. The van der Waals surface area contributed by atoms with Gasteiger partial charge in [-0.3, -0.25) is 0 Å². The second kappa shape index (κ2) is 7.34. The van der Waals surface area contributed by atoms with Crippen LogP contribution in [0.5, 0.6) is 0 Å². The van der Waals surface area contributed by atoms with Crippen molar-refractivity contribution < 1.29 is 4.74 Å². The lowest BCUT2D eigenvalue weighted by Crippen LogP contribution is -2.07. The van der Waals surface area contributed by atoms with Gasteiger partial charge in [0.1, 0.15) is 5.82 Å². The third-order valence-corrected chi connectivity index (χ3v) is 3.66. The Bertz CT molecular complexity index is 470. The Hall–Kier alpha value is -1.13. The summed E-state index contributed by atoms with van der Waals surface area (Å²) in [6, 6.07) is 4.17. The van der Waals surface area contributed by atoms with Gasteiger partial charge in [-0.05, 0) is 30.4 Å². The van der Waals surface area contributed by atoms with Crippen molar-refractivity contribution in [2.45, 2.75) is 26.2 Å². The van der Waals surface area contributed by atoms with Gasteiger partial charge in [0.25, 0.3) is 0 Å². The number of pyridine rings is 1. The third kappa shape index (κ3) is 3.68. The first-order chi connectivity index (χ1) is 8.92. The quantitative estimate of drug-likeness (QED) is 0.734. The van der Waals surface area contributed by atoms with Crippen LogP contribution in [-0.4, -0.2) is 24.7 Å². The summed E-state index contributed by atoms with van der Waals surface area (Å²) in [7, 11) is 0. The van der Waals surface area contributed by atoms with E-state index in [1.165, 1.54) is 16.5 Å². The summed E-state index contributed by atoms with van der Waals surface area (Å²) in [4.78, 5) is 4.38. The molecule has 18 heavy (non-hydrogen) atoms. The predicted octanol–water partition coefficient (Wildman–Crippen LogP) is 3.92. The molecule has 0 aliphatic rings. The highest BCUT2D eigenvalue weighted by Crippen LogP contribution is 2.25. The van der Waals surface area contributed by atoms with E-state index in [0.29, 0.717) is 0 Å². The van der Waals surface area contributed by atoms with Crippen molar-refractivity contribution in [3.8, 4) is 0 Å². The van der Waals surface area contributed by atoms with Gasteiger partial charge in [0.2, 0.25) is 0 Å². The SMILES string of the molecule is CCCCOCCCNc1nccc2sccc12. The third-order valence-electron chi connectivity index (χ3n) is 2.78. The van der Waals surface area contributed by atoms with Crippen molar-refractivity contribution in [1.29, 1.82) is 0 Å². The number of nitrogens with zero attached hydrogens (tertiary/aromatic N) is 1. The van der Waals surface area contributed by atoms with Crippen molar-refractivity contribution >= 4 is 27.2 Å². The predicted molar refractivity (Wildman–Crippen MR) is 78.5 cm³/mol. The van der Waals surface area contributed by atoms with E-state index in [4.69, 9.17) is 4.74 Å². The van der Waals surface area contributed by atoms with Gasteiger partial charge in [-0.2, -0.15) is 0 Å². The van der Waals surface area contributed by atoms with Crippen molar-refractivity contribution in [1.82, 2.24) is 4.98 Å². The molecule has 0 aliphatic carbocycles. The van der Waals surface area contributed by atoms with Crippen LogP contribution in [0.25, 0.3) is 10.1 Å². The van der Waals surface area contributed by atoms with E-state index in [-0.39, 0.29) is 0 Å². The number of rotatable bonds is 8. The Balaban J connectivity index is 1.72. The fraction of sp³-hybridized carbons (Fsp3) is 0.500. The average Bonchev–Trinajstić information content (AvgIpc) is 2.86. The molecule has 0 aliphatic heterocycles. The molecule has 0 unspecified atom stereocenters. The Morgan fingerprint density at radius 3 is 3.06 bits per heavy atom. The van der Waals surface area contributed by atoms with E-state index in [9.17, 15) is 0 Å². The summed E-state index contributed by atoms with van der Waals surface area (Å²) >= 11 is 1.75. The van der Waals surface area contributed by atoms with Gasteiger partial charge in [0, 0.05) is 36.0 Å². The molecule has 0 radical (unpaired) electrons. The molecule has 0 aromatic carbocycles. The van der Waals surface area contributed by atoms with E-state index in [1.807, 2.05) is 6.20 Å². The molecule has 0 saturated heterocycles. The Morgan fingerprint density at radius 2 is 2.17 bits per heavy atom. The summed E-state index contributed by atoms with van der Waals surface area (Å²) in [5.74, 6) is 0.988. The lowest BCUT2D eigenvalue weighted by molar-refractivity contribution is 0.131. The van der Waals surface area contributed by atoms with Crippen LogP contribution < -0.4 is 5.32 Å². The number of fused-ring (bicyclic) bond motifs is 1. The van der Waals surface area contributed by atoms with Gasteiger partial charge < -0.3 is 10.1 Å². The van der Waals surface area contributed by atoms with Crippen LogP contribution in [0, 0.1) is 0 Å². The number of hydrogen-bond acceptors (Lipinski definition) is 4. The highest BCUT2D eigenvalue weighted by Gasteiger charge is 2.01. The van der Waals surface area contributed by atoms with Crippen LogP contribution >= 0.6 is 11.3 Å². The smallest absolute Gasteiger partial charge is 0.134 e. The van der Waals surface area contributed by atoms with Gasteiger partial charge in [-0.1, -0.05) is 13.3 Å². The zero-order valence-electron chi connectivity index (χ0n) is 10.8. The Morgan fingerprint density at radius 1 is 1.28 bits per heavy atom. The number of ether oxygens (including phenoxy) is 1. The first kappa shape index (κ1) is 13.3. The lowest BCUT2D eigenvalue weighted by atomic mass is 10.3. The largest absolute Gasteiger partial charge is 0.381 e. The van der Waals surface area contributed by atoms with Crippen LogP contribution in [0.15, 0.2) is 23.7 Å². The monoisotopic (exact) mass is 264 g/mol. The summed E-state index contributed by atoms with van der Waals surface area (Å²) < 4.78 is 6.81. The van der Waals surface area contributed by atoms with E-state index in [1.54, 1.807) is 11.3 Å². The molecule has 0 bridgehead atoms. The van der Waals surface area contributed by atoms with Crippen LogP contribution in [0.3, 0.4) is 0 Å². The fourth-order valence-corrected chi connectivity index (χ4v) is 2.55. The molecule has 0 amide bonds. The first-order valence-electron chi connectivity index (χ1n) is 6.55. The number of nitrogens with one attached hydrogen (secondary N) is 1. The highest BCUT2D eigenvalue weighted by molar-refractivity contribution is 7.17. The molecule has 0 fully saturated rings. The molecule has 3 nitrogen and oxygen atoms in total. The molecule has 2 rings (SSSR count). The van der Waals surface area contributed by atoms with E-state index < -0.39 is 0 Å². The van der Waals surface area contributed by atoms with E-state index in [2.05, 4.69) is 34.7 Å². The van der Waals surface area contributed by atoms with Crippen LogP contribution in [0.4, 0.5) is 5.82 Å². The molecule has 2 aromatic rings. The molecular weight excluding hydrogens is 244 g/mol. The minimum atomic E-state index is 0.826. The average molecular weight is 264 g/mol. The first-order valence-corrected chi connectivity index (χ1v) is 7.43. The van der Waals surface area contributed by atoms with Crippen LogP contribution in [-0.2, 0) is 4.74 Å². The topological polar surface area (TPSA) is 34.1 Å². The van der Waals surface area contributed by atoms with Gasteiger partial charge in [0.05, 0.1) is 0 Å². The number of anilines is 1. The Labute approximate surface area is 112 Å². The van der Waals surface area contributed by atoms with Crippen LogP contribution in [0.2, 0.25) is 0 Å². The molecule has 2 aromatic heterocycles. The number of unbranched alkanes of at least 4 members (excludes halogenated alkanes) is 1. The number of hydrogen-bond donors (Lipinski definition) is 1. The van der Waals surface area contributed by atoms with Crippen molar-refractivity contribution in [3.63, 3.8) is 0 Å². The molecule has 0 spiro atoms. The summed E-state index contributed by atoms with van der Waals surface area (Å²) in [6.45, 7) is 4.80. The molecular formula is C14H20N2OS. The summed E-state index contributed by atoms with van der Waals surface area (Å²) in [6.07, 6.45) is 5.23. The van der Waals surface area contributed by atoms with Gasteiger partial charge in [-0.25, -0.2) is 4.98 Å². The van der Waals surface area contributed by atoms with Crippen molar-refractivity contribution in [2.75, 3.05) is 25.1 Å². The minimum Gasteiger partial charge on any atom is -0.381 e. The van der Waals surface area contributed by atoms with Crippen molar-refractivity contribution in [2.24, 2.45) is 0 Å². The highest BCUT2D eigenvalue weighted by atomic mass is 32.1. The van der Waals surface area contributed by atoms with Gasteiger partial charge >= 0.3 is 0 Å². The maximum absolute atomic E-state index is 5.53. The summed E-state index contributed by atoms with van der Waals surface area (Å²) in [5.41, 5.74) is 0. The Kier molecular flexibility index (Phi) is 5.42. The molecule has 0 atom stereocenters. The molecule has 1 N–H and O–H groups in total. The standard InChI is InChI=1S/C14H20N2OS/c1-2-3-9-17-10-4-7-15-14-12-6-11-18-13(12)5-8-16-14/h5-6,8,11H,2-4,7,9-10H2,1H3,(H,15,16). The molecule has 4 heteroatoms. The van der Waals surface area contributed by atoms with Gasteiger partial charge in [0.15, 0.2) is 0 Å². The number of aromatic nitrogens is 1. The minimum absolute atomic E-state index is 0.826. The number of thiophene rings is 1.